The van der Waals surface area contributed by atoms with Gasteiger partial charge in [-0.3, -0.25) is 0 Å². The van der Waals surface area contributed by atoms with Crippen LogP contribution in [-0.2, 0) is 5.41 Å². The van der Waals surface area contributed by atoms with Crippen LogP contribution in [0.5, 0.6) is 0 Å². The van der Waals surface area contributed by atoms with Gasteiger partial charge in [0.2, 0.25) is 0 Å². The Labute approximate surface area is 118 Å². The van der Waals surface area contributed by atoms with E-state index in [0.29, 0.717) is 0 Å². The van der Waals surface area contributed by atoms with Gasteiger partial charge >= 0.3 is 0 Å². The number of hydrogen-bond acceptors (Lipinski definition) is 4. The summed E-state index contributed by atoms with van der Waals surface area (Å²) in [5.74, 6) is 0. The molecular formula is C14H21N3OS. The van der Waals surface area contributed by atoms with Gasteiger partial charge in [0.25, 0.3) is 0 Å². The lowest BCUT2D eigenvalue weighted by Crippen LogP contribution is -2.15. The smallest absolute Gasteiger partial charge is 0.122 e. The summed E-state index contributed by atoms with van der Waals surface area (Å²) in [6.07, 6.45) is 3.25. The minimum Gasteiger partial charge on any atom is -0.392 e. The quantitative estimate of drug-likeness (QED) is 0.878. The number of thioether (sulfide) groups is 1. The first kappa shape index (κ1) is 14.3. The van der Waals surface area contributed by atoms with Crippen LogP contribution in [0.4, 0.5) is 0 Å². The Balaban J connectivity index is 2.42. The first-order valence-electron chi connectivity index (χ1n) is 6.48. The number of rotatable bonds is 3. The Hall–Kier alpha value is -1.07. The molecule has 2 unspecified atom stereocenters. The van der Waals surface area contributed by atoms with Crippen molar-refractivity contribution in [3.8, 4) is 0 Å². The molecule has 2 atom stereocenters. The maximum Gasteiger partial charge on any atom is 0.122 e. The van der Waals surface area contributed by atoms with Crippen molar-refractivity contribution in [3.05, 3.63) is 24.2 Å². The zero-order valence-electron chi connectivity index (χ0n) is 12.1. The first-order chi connectivity index (χ1) is 8.79. The van der Waals surface area contributed by atoms with Crippen molar-refractivity contribution in [2.45, 2.75) is 56.4 Å². The average molecular weight is 279 g/mol. The highest BCUT2D eigenvalue weighted by atomic mass is 32.2. The van der Waals surface area contributed by atoms with E-state index in [2.05, 4.69) is 36.9 Å². The molecule has 104 valence electrons. The van der Waals surface area contributed by atoms with E-state index in [-0.39, 0.29) is 16.8 Å². The fourth-order valence-corrected chi connectivity index (χ4v) is 2.57. The fraction of sp³-hybridized carbons (Fsp3) is 0.571. The topological polar surface area (TPSA) is 50.4 Å². The van der Waals surface area contributed by atoms with Crippen LogP contribution in [0.25, 0.3) is 5.52 Å². The summed E-state index contributed by atoms with van der Waals surface area (Å²) in [4.78, 5) is 4.42. The lowest BCUT2D eigenvalue weighted by molar-refractivity contribution is 0.196. The normalized spacial score (nSPS) is 15.7. The van der Waals surface area contributed by atoms with Gasteiger partial charge in [0.15, 0.2) is 0 Å². The number of fused-ring (bicyclic) bond motifs is 1. The molecule has 2 aromatic rings. The zero-order valence-corrected chi connectivity index (χ0v) is 12.9. The number of aliphatic hydroxyl groups is 1. The second kappa shape index (κ2) is 5.13. The molecule has 0 aliphatic heterocycles. The van der Waals surface area contributed by atoms with Crippen LogP contribution in [-0.4, -0.2) is 31.1 Å². The molecule has 19 heavy (non-hydrogen) atoms. The highest BCUT2D eigenvalue weighted by Crippen LogP contribution is 2.29. The maximum atomic E-state index is 9.62. The van der Waals surface area contributed by atoms with Crippen molar-refractivity contribution in [2.75, 3.05) is 0 Å². The SMILES string of the molecule is CC(O)C(C)Sc1nccn2nc(C(C)(C)C)cc12. The summed E-state index contributed by atoms with van der Waals surface area (Å²) in [5.41, 5.74) is 2.07. The van der Waals surface area contributed by atoms with Gasteiger partial charge in [-0.25, -0.2) is 9.50 Å². The van der Waals surface area contributed by atoms with Gasteiger partial charge in [-0.1, -0.05) is 39.5 Å². The zero-order chi connectivity index (χ0) is 14.2. The van der Waals surface area contributed by atoms with Crippen molar-refractivity contribution in [1.82, 2.24) is 14.6 Å². The van der Waals surface area contributed by atoms with Crippen LogP contribution in [0.1, 0.15) is 40.3 Å². The number of aromatic nitrogens is 3. The molecule has 0 amide bonds. The van der Waals surface area contributed by atoms with E-state index in [4.69, 9.17) is 0 Å². The third-order valence-electron chi connectivity index (χ3n) is 3.10. The first-order valence-corrected chi connectivity index (χ1v) is 7.36. The van der Waals surface area contributed by atoms with Gasteiger partial charge in [-0.2, -0.15) is 5.10 Å². The molecule has 1 N–H and O–H groups in total. The molecule has 0 spiro atoms. The van der Waals surface area contributed by atoms with Crippen LogP contribution in [0, 0.1) is 0 Å². The largest absolute Gasteiger partial charge is 0.392 e. The van der Waals surface area contributed by atoms with E-state index in [1.54, 1.807) is 24.9 Å². The van der Waals surface area contributed by atoms with Crippen LogP contribution in [0.3, 0.4) is 0 Å². The molecular weight excluding hydrogens is 258 g/mol. The van der Waals surface area contributed by atoms with Gasteiger partial charge in [-0.05, 0) is 13.0 Å². The molecule has 0 radical (unpaired) electrons. The standard InChI is InChI=1S/C14H21N3OS/c1-9(18)10(2)19-13-11-8-12(14(3,4)5)16-17(11)7-6-15-13/h6-10,18H,1-5H3. The minimum absolute atomic E-state index is 0.0177. The second-order valence-electron chi connectivity index (χ2n) is 5.91. The Morgan fingerprint density at radius 3 is 2.58 bits per heavy atom. The van der Waals surface area contributed by atoms with Gasteiger partial charge in [0, 0.05) is 23.1 Å². The number of nitrogens with zero attached hydrogens (tertiary/aromatic N) is 3. The van der Waals surface area contributed by atoms with Gasteiger partial charge in [0.05, 0.1) is 17.3 Å². The minimum atomic E-state index is -0.364. The van der Waals surface area contributed by atoms with Crippen LogP contribution in [0.15, 0.2) is 23.5 Å². The number of aliphatic hydroxyl groups excluding tert-OH is 1. The van der Waals surface area contributed by atoms with E-state index in [9.17, 15) is 5.11 Å². The summed E-state index contributed by atoms with van der Waals surface area (Å²) in [6, 6.07) is 2.09. The van der Waals surface area contributed by atoms with Crippen molar-refractivity contribution in [3.63, 3.8) is 0 Å². The lowest BCUT2D eigenvalue weighted by Gasteiger charge is -2.13. The molecule has 2 heterocycles. The molecule has 0 saturated carbocycles. The van der Waals surface area contributed by atoms with E-state index < -0.39 is 0 Å². The van der Waals surface area contributed by atoms with Gasteiger partial charge < -0.3 is 5.11 Å². The number of hydrogen-bond donors (Lipinski definition) is 1. The van der Waals surface area contributed by atoms with E-state index in [1.165, 1.54) is 0 Å². The van der Waals surface area contributed by atoms with Crippen LogP contribution in [0.2, 0.25) is 0 Å². The highest BCUT2D eigenvalue weighted by Gasteiger charge is 2.20. The Bertz CT molecular complexity index is 572. The van der Waals surface area contributed by atoms with E-state index in [0.717, 1.165) is 16.2 Å². The third kappa shape index (κ3) is 3.09. The van der Waals surface area contributed by atoms with Crippen molar-refractivity contribution >= 4 is 17.3 Å². The fourth-order valence-electron chi connectivity index (χ4n) is 1.63. The predicted octanol–water partition coefficient (Wildman–Crippen LogP) is 2.89. The summed E-state index contributed by atoms with van der Waals surface area (Å²) >= 11 is 1.58. The Morgan fingerprint density at radius 1 is 1.32 bits per heavy atom. The molecule has 0 saturated heterocycles. The Morgan fingerprint density at radius 2 is 2.00 bits per heavy atom. The van der Waals surface area contributed by atoms with E-state index in [1.807, 2.05) is 17.6 Å². The van der Waals surface area contributed by atoms with Crippen LogP contribution >= 0.6 is 11.8 Å². The molecule has 0 aliphatic carbocycles. The van der Waals surface area contributed by atoms with Crippen LogP contribution < -0.4 is 0 Å². The molecule has 5 heteroatoms. The molecule has 2 aromatic heterocycles. The average Bonchev–Trinajstić information content (AvgIpc) is 2.73. The van der Waals surface area contributed by atoms with E-state index >= 15 is 0 Å². The van der Waals surface area contributed by atoms with Gasteiger partial charge in [-0.15, -0.1) is 0 Å². The summed E-state index contributed by atoms with van der Waals surface area (Å²) in [5, 5.41) is 15.2. The molecule has 0 bridgehead atoms. The molecule has 0 aliphatic rings. The lowest BCUT2D eigenvalue weighted by atomic mass is 9.92. The summed E-state index contributed by atoms with van der Waals surface area (Å²) in [6.45, 7) is 10.2. The van der Waals surface area contributed by atoms with Crippen molar-refractivity contribution in [2.24, 2.45) is 0 Å². The molecule has 2 rings (SSSR count). The maximum absolute atomic E-state index is 9.62. The van der Waals surface area contributed by atoms with Crippen molar-refractivity contribution < 1.29 is 5.11 Å². The second-order valence-corrected chi connectivity index (χ2v) is 7.27. The van der Waals surface area contributed by atoms with Gasteiger partial charge in [0.1, 0.15) is 5.03 Å². The molecule has 0 fully saturated rings. The molecule has 0 aromatic carbocycles. The predicted molar refractivity (Wildman–Crippen MR) is 78.7 cm³/mol. The molecule has 4 nitrogen and oxygen atoms in total. The highest BCUT2D eigenvalue weighted by molar-refractivity contribution is 8.00. The van der Waals surface area contributed by atoms with Crippen molar-refractivity contribution in [1.29, 1.82) is 0 Å². The summed E-state index contributed by atoms with van der Waals surface area (Å²) in [7, 11) is 0. The monoisotopic (exact) mass is 279 g/mol. The Kier molecular flexibility index (Phi) is 3.87. The summed E-state index contributed by atoms with van der Waals surface area (Å²) < 4.78 is 1.87. The third-order valence-corrected chi connectivity index (χ3v) is 4.40.